The zero-order valence-electron chi connectivity index (χ0n) is 10.8. The molecule has 0 amide bonds. The summed E-state index contributed by atoms with van der Waals surface area (Å²) >= 11 is 0. The highest BCUT2D eigenvalue weighted by Crippen LogP contribution is 2.15. The van der Waals surface area contributed by atoms with Crippen molar-refractivity contribution in [3.8, 4) is 0 Å². The molecule has 2 aliphatic rings. The minimum atomic E-state index is 0.217. The van der Waals surface area contributed by atoms with Crippen LogP contribution in [0.1, 0.15) is 20.3 Å². The Balaban J connectivity index is 0.000000606. The van der Waals surface area contributed by atoms with Crippen LogP contribution < -0.4 is 5.73 Å². The summed E-state index contributed by atoms with van der Waals surface area (Å²) in [6.45, 7) is 8.56. The number of nitrogens with two attached hydrogens (primary N) is 1. The van der Waals surface area contributed by atoms with Crippen molar-refractivity contribution in [2.75, 3.05) is 33.2 Å². The van der Waals surface area contributed by atoms with E-state index in [1.807, 2.05) is 13.8 Å². The van der Waals surface area contributed by atoms with E-state index < -0.39 is 0 Å². The largest absolute Gasteiger partial charge is 0.369 e. The number of piperazine rings is 1. The Labute approximate surface area is 99.6 Å². The van der Waals surface area contributed by atoms with Crippen LogP contribution >= 0.6 is 0 Å². The molecule has 1 heterocycles. The molecule has 0 aromatic carbocycles. The van der Waals surface area contributed by atoms with Crippen molar-refractivity contribution in [1.29, 1.82) is 0 Å². The number of hydrogen-bond donors (Lipinski definition) is 1. The van der Waals surface area contributed by atoms with Gasteiger partial charge in [0.05, 0.1) is 0 Å². The predicted molar refractivity (Wildman–Crippen MR) is 70.2 cm³/mol. The normalized spacial score (nSPS) is 25.9. The zero-order chi connectivity index (χ0) is 12.0. The van der Waals surface area contributed by atoms with Crippen LogP contribution in [0, 0.1) is 0 Å². The topological polar surface area (TPSA) is 32.5 Å². The maximum atomic E-state index is 5.89. The molecule has 1 unspecified atom stereocenters. The second-order valence-electron chi connectivity index (χ2n) is 4.18. The molecule has 1 atom stereocenters. The smallest absolute Gasteiger partial charge is 0.0339 e. The van der Waals surface area contributed by atoms with E-state index in [4.69, 9.17) is 5.73 Å². The van der Waals surface area contributed by atoms with Gasteiger partial charge in [-0.2, -0.15) is 0 Å². The van der Waals surface area contributed by atoms with E-state index >= 15 is 0 Å². The summed E-state index contributed by atoms with van der Waals surface area (Å²) in [6, 6.07) is 0.217. The van der Waals surface area contributed by atoms with Crippen LogP contribution in [0.3, 0.4) is 0 Å². The van der Waals surface area contributed by atoms with E-state index in [1.54, 1.807) is 0 Å². The summed E-state index contributed by atoms with van der Waals surface area (Å²) in [5, 5.41) is 0. The van der Waals surface area contributed by atoms with E-state index in [9.17, 15) is 0 Å². The van der Waals surface area contributed by atoms with Crippen LogP contribution in [0.2, 0.25) is 0 Å². The molecule has 92 valence electrons. The number of hydrogen-bond acceptors (Lipinski definition) is 3. The Morgan fingerprint density at radius 3 is 2.38 bits per heavy atom. The van der Waals surface area contributed by atoms with Crippen LogP contribution in [-0.2, 0) is 0 Å². The molecular weight excluding hydrogens is 198 g/mol. The van der Waals surface area contributed by atoms with Gasteiger partial charge in [0.25, 0.3) is 0 Å². The first-order chi connectivity index (χ1) is 7.75. The molecule has 3 nitrogen and oxygen atoms in total. The van der Waals surface area contributed by atoms with E-state index in [2.05, 4.69) is 35.1 Å². The third kappa shape index (κ3) is 3.65. The zero-order valence-corrected chi connectivity index (χ0v) is 10.8. The van der Waals surface area contributed by atoms with Gasteiger partial charge >= 0.3 is 0 Å². The Kier molecular flexibility index (Phi) is 5.56. The number of allylic oxidation sites excluding steroid dienone is 1. The summed E-state index contributed by atoms with van der Waals surface area (Å²) in [7, 11) is 2.17. The van der Waals surface area contributed by atoms with Gasteiger partial charge in [-0.15, -0.1) is 0 Å². The van der Waals surface area contributed by atoms with Crippen molar-refractivity contribution in [3.63, 3.8) is 0 Å². The van der Waals surface area contributed by atoms with Gasteiger partial charge in [0, 0.05) is 37.9 Å². The Morgan fingerprint density at radius 2 is 1.81 bits per heavy atom. The molecule has 0 spiro atoms. The predicted octanol–water partition coefficient (Wildman–Crippen LogP) is 1.43. The minimum absolute atomic E-state index is 0.217. The first kappa shape index (κ1) is 13.3. The highest BCUT2D eigenvalue weighted by molar-refractivity contribution is 5.24. The fourth-order valence-electron chi connectivity index (χ4n) is 1.96. The lowest BCUT2D eigenvalue weighted by Gasteiger charge is -2.35. The van der Waals surface area contributed by atoms with Crippen molar-refractivity contribution in [1.82, 2.24) is 9.80 Å². The highest BCUT2D eigenvalue weighted by Gasteiger charge is 2.16. The second-order valence-corrected chi connectivity index (χ2v) is 4.18. The Bertz CT molecular complexity index is 250. The van der Waals surface area contributed by atoms with Gasteiger partial charge in [-0.3, -0.25) is 0 Å². The minimum Gasteiger partial charge on any atom is -0.369 e. The lowest BCUT2D eigenvalue weighted by molar-refractivity contribution is 0.189. The lowest BCUT2D eigenvalue weighted by Crippen LogP contribution is -2.44. The van der Waals surface area contributed by atoms with Gasteiger partial charge in [-0.25, -0.2) is 0 Å². The summed E-state index contributed by atoms with van der Waals surface area (Å²) in [4.78, 5) is 4.79. The van der Waals surface area contributed by atoms with Crippen molar-refractivity contribution in [3.05, 3.63) is 23.9 Å². The Morgan fingerprint density at radius 1 is 1.19 bits per heavy atom. The molecule has 0 saturated carbocycles. The highest BCUT2D eigenvalue weighted by atomic mass is 15.2. The van der Waals surface area contributed by atoms with Crippen LogP contribution in [0.25, 0.3) is 0 Å². The maximum Gasteiger partial charge on any atom is 0.0339 e. The second kappa shape index (κ2) is 6.71. The van der Waals surface area contributed by atoms with Gasteiger partial charge < -0.3 is 15.5 Å². The van der Waals surface area contributed by atoms with Crippen LogP contribution in [0.5, 0.6) is 0 Å². The molecule has 2 N–H and O–H groups in total. The van der Waals surface area contributed by atoms with E-state index in [0.29, 0.717) is 0 Å². The number of rotatable bonds is 1. The Hall–Kier alpha value is -0.800. The summed E-state index contributed by atoms with van der Waals surface area (Å²) < 4.78 is 0. The van der Waals surface area contributed by atoms with Gasteiger partial charge in [0.1, 0.15) is 0 Å². The molecule has 0 aromatic heterocycles. The molecule has 3 heteroatoms. The van der Waals surface area contributed by atoms with Crippen molar-refractivity contribution < 1.29 is 0 Å². The standard InChI is InChI=1S/C11H19N3.C2H6/c1-13-5-7-14(8-6-13)11-4-2-3-10(12)9-11;1-2/h2,4,9-10H,3,5-8,12H2,1H3;1-2H3. The van der Waals surface area contributed by atoms with Crippen LogP contribution in [0.15, 0.2) is 23.9 Å². The maximum absolute atomic E-state index is 5.89. The fraction of sp³-hybridized carbons (Fsp3) is 0.692. The molecule has 0 radical (unpaired) electrons. The van der Waals surface area contributed by atoms with Crippen LogP contribution in [-0.4, -0.2) is 49.1 Å². The quantitative estimate of drug-likeness (QED) is 0.730. The first-order valence-electron chi connectivity index (χ1n) is 6.33. The number of nitrogens with zero attached hydrogens (tertiary/aromatic N) is 2. The van der Waals surface area contributed by atoms with Gasteiger partial charge in [-0.05, 0) is 25.6 Å². The van der Waals surface area contributed by atoms with E-state index in [-0.39, 0.29) is 6.04 Å². The van der Waals surface area contributed by atoms with Crippen molar-refractivity contribution in [2.45, 2.75) is 26.3 Å². The van der Waals surface area contributed by atoms with Gasteiger partial charge in [0.2, 0.25) is 0 Å². The monoisotopic (exact) mass is 223 g/mol. The summed E-state index contributed by atoms with van der Waals surface area (Å²) in [5.74, 6) is 0. The molecule has 1 fully saturated rings. The van der Waals surface area contributed by atoms with E-state index in [1.165, 1.54) is 5.70 Å². The van der Waals surface area contributed by atoms with Gasteiger partial charge in [-0.1, -0.05) is 19.9 Å². The van der Waals surface area contributed by atoms with Crippen molar-refractivity contribution >= 4 is 0 Å². The third-order valence-electron chi connectivity index (χ3n) is 2.95. The average Bonchev–Trinajstić information content (AvgIpc) is 2.32. The van der Waals surface area contributed by atoms with E-state index in [0.717, 1.165) is 32.6 Å². The molecule has 1 saturated heterocycles. The SMILES string of the molecule is CC.CN1CCN(C2=CC(N)CC=C2)CC1. The summed E-state index contributed by atoms with van der Waals surface area (Å²) in [5.41, 5.74) is 7.21. The molecule has 0 aromatic rings. The van der Waals surface area contributed by atoms with Crippen molar-refractivity contribution in [2.24, 2.45) is 5.73 Å². The van der Waals surface area contributed by atoms with Crippen LogP contribution in [0.4, 0.5) is 0 Å². The lowest BCUT2D eigenvalue weighted by atomic mass is 10.1. The molecule has 2 rings (SSSR count). The molecular formula is C13H25N3. The molecule has 16 heavy (non-hydrogen) atoms. The summed E-state index contributed by atoms with van der Waals surface area (Å²) in [6.07, 6.45) is 7.55. The molecule has 0 bridgehead atoms. The molecule has 1 aliphatic heterocycles. The number of likely N-dealkylation sites (N-methyl/N-ethyl adjacent to an activating group) is 1. The molecule has 1 aliphatic carbocycles. The fourth-order valence-corrected chi connectivity index (χ4v) is 1.96. The third-order valence-corrected chi connectivity index (χ3v) is 2.95. The van der Waals surface area contributed by atoms with Gasteiger partial charge in [0.15, 0.2) is 0 Å². The first-order valence-corrected chi connectivity index (χ1v) is 6.33. The average molecular weight is 223 g/mol.